The van der Waals surface area contributed by atoms with Gasteiger partial charge in [0.05, 0.1) is 23.3 Å². The predicted octanol–water partition coefficient (Wildman–Crippen LogP) is 2.77. The SMILES string of the molecule is O=C(Cn1nc(-c2ccccc2)c2ccccc2c1=O)NCc1ccccn1. The topological polar surface area (TPSA) is 76.9 Å². The zero-order valence-corrected chi connectivity index (χ0v) is 15.1. The molecule has 28 heavy (non-hydrogen) atoms. The van der Waals surface area contributed by atoms with Gasteiger partial charge in [-0.1, -0.05) is 54.6 Å². The highest BCUT2D eigenvalue weighted by Crippen LogP contribution is 2.24. The molecular formula is C22H18N4O2. The number of hydrogen-bond donors (Lipinski definition) is 1. The lowest BCUT2D eigenvalue weighted by Crippen LogP contribution is -2.33. The molecule has 0 aliphatic carbocycles. The van der Waals surface area contributed by atoms with E-state index in [9.17, 15) is 9.59 Å². The monoisotopic (exact) mass is 370 g/mol. The normalized spacial score (nSPS) is 10.7. The van der Waals surface area contributed by atoms with E-state index in [0.29, 0.717) is 17.6 Å². The van der Waals surface area contributed by atoms with Crippen LogP contribution >= 0.6 is 0 Å². The Morgan fingerprint density at radius 2 is 1.61 bits per heavy atom. The van der Waals surface area contributed by atoms with E-state index in [2.05, 4.69) is 15.4 Å². The molecule has 0 spiro atoms. The molecule has 0 saturated carbocycles. The number of aromatic nitrogens is 3. The molecule has 4 rings (SSSR count). The van der Waals surface area contributed by atoms with Gasteiger partial charge in [-0.2, -0.15) is 5.10 Å². The quantitative estimate of drug-likeness (QED) is 0.586. The van der Waals surface area contributed by atoms with Crippen molar-refractivity contribution in [2.45, 2.75) is 13.1 Å². The highest BCUT2D eigenvalue weighted by atomic mass is 16.2. The standard InChI is InChI=1S/C22H18N4O2/c27-20(24-14-17-10-6-7-13-23-17)15-26-22(28)19-12-5-4-11-18(19)21(25-26)16-8-2-1-3-9-16/h1-13H,14-15H2,(H,24,27). The third-order valence-electron chi connectivity index (χ3n) is 4.40. The smallest absolute Gasteiger partial charge is 0.275 e. The van der Waals surface area contributed by atoms with Gasteiger partial charge in [-0.3, -0.25) is 14.6 Å². The van der Waals surface area contributed by atoms with Crippen LogP contribution in [0.4, 0.5) is 0 Å². The van der Waals surface area contributed by atoms with E-state index in [1.807, 2.05) is 66.7 Å². The fourth-order valence-electron chi connectivity index (χ4n) is 3.04. The zero-order chi connectivity index (χ0) is 19.3. The van der Waals surface area contributed by atoms with Crippen molar-refractivity contribution in [3.05, 3.63) is 95.0 Å². The van der Waals surface area contributed by atoms with Crippen molar-refractivity contribution < 1.29 is 4.79 Å². The Morgan fingerprint density at radius 1 is 0.893 bits per heavy atom. The van der Waals surface area contributed by atoms with Crippen molar-refractivity contribution in [1.82, 2.24) is 20.1 Å². The van der Waals surface area contributed by atoms with Crippen LogP contribution in [0.3, 0.4) is 0 Å². The second-order valence-corrected chi connectivity index (χ2v) is 6.32. The Balaban J connectivity index is 1.66. The fourth-order valence-corrected chi connectivity index (χ4v) is 3.04. The maximum atomic E-state index is 12.8. The van der Waals surface area contributed by atoms with Gasteiger partial charge in [-0.25, -0.2) is 4.68 Å². The third kappa shape index (κ3) is 3.66. The Bertz CT molecular complexity index is 1170. The van der Waals surface area contributed by atoms with Crippen molar-refractivity contribution in [2.75, 3.05) is 0 Å². The molecule has 2 heterocycles. The number of nitrogens with one attached hydrogen (secondary N) is 1. The minimum Gasteiger partial charge on any atom is -0.349 e. The fraction of sp³-hybridized carbons (Fsp3) is 0.0909. The van der Waals surface area contributed by atoms with Gasteiger partial charge in [0, 0.05) is 17.1 Å². The number of carbonyl (C=O) groups excluding carboxylic acids is 1. The van der Waals surface area contributed by atoms with Crippen LogP contribution in [0.1, 0.15) is 5.69 Å². The first kappa shape index (κ1) is 17.6. The molecule has 6 heteroatoms. The van der Waals surface area contributed by atoms with Gasteiger partial charge in [0.2, 0.25) is 5.91 Å². The van der Waals surface area contributed by atoms with Crippen molar-refractivity contribution in [3.8, 4) is 11.3 Å². The van der Waals surface area contributed by atoms with Gasteiger partial charge in [-0.15, -0.1) is 0 Å². The summed E-state index contributed by atoms with van der Waals surface area (Å²) in [4.78, 5) is 29.4. The molecule has 0 aliphatic rings. The van der Waals surface area contributed by atoms with Crippen molar-refractivity contribution in [1.29, 1.82) is 0 Å². The summed E-state index contributed by atoms with van der Waals surface area (Å²) in [5.74, 6) is -0.297. The molecule has 0 aliphatic heterocycles. The van der Waals surface area contributed by atoms with E-state index in [1.54, 1.807) is 12.3 Å². The minimum atomic E-state index is -0.297. The molecule has 0 bridgehead atoms. The molecule has 0 atom stereocenters. The molecule has 0 radical (unpaired) electrons. The van der Waals surface area contributed by atoms with Crippen LogP contribution in [0, 0.1) is 0 Å². The van der Waals surface area contributed by atoms with Gasteiger partial charge in [0.15, 0.2) is 0 Å². The Labute approximate surface area is 161 Å². The Kier molecular flexibility index (Phi) is 4.93. The van der Waals surface area contributed by atoms with Gasteiger partial charge >= 0.3 is 0 Å². The lowest BCUT2D eigenvalue weighted by atomic mass is 10.1. The molecule has 2 aromatic carbocycles. The lowest BCUT2D eigenvalue weighted by Gasteiger charge is -2.11. The number of fused-ring (bicyclic) bond motifs is 1. The van der Waals surface area contributed by atoms with Crippen LogP contribution in [0.15, 0.2) is 83.8 Å². The van der Waals surface area contributed by atoms with Gasteiger partial charge < -0.3 is 5.32 Å². The van der Waals surface area contributed by atoms with E-state index < -0.39 is 0 Å². The Morgan fingerprint density at radius 3 is 2.36 bits per heavy atom. The molecule has 0 unspecified atom stereocenters. The van der Waals surface area contributed by atoms with Crippen molar-refractivity contribution >= 4 is 16.7 Å². The molecule has 138 valence electrons. The highest BCUT2D eigenvalue weighted by molar-refractivity contribution is 5.93. The number of benzene rings is 2. The average molecular weight is 370 g/mol. The molecule has 6 nitrogen and oxygen atoms in total. The van der Waals surface area contributed by atoms with E-state index in [4.69, 9.17) is 0 Å². The van der Waals surface area contributed by atoms with Crippen LogP contribution < -0.4 is 10.9 Å². The lowest BCUT2D eigenvalue weighted by molar-refractivity contribution is -0.122. The van der Waals surface area contributed by atoms with Crippen LogP contribution in [0.5, 0.6) is 0 Å². The summed E-state index contributed by atoms with van der Waals surface area (Å²) in [5, 5.41) is 8.58. The first-order chi connectivity index (χ1) is 13.7. The largest absolute Gasteiger partial charge is 0.349 e. The van der Waals surface area contributed by atoms with E-state index in [0.717, 1.165) is 16.6 Å². The van der Waals surface area contributed by atoms with Gasteiger partial charge in [-0.05, 0) is 18.2 Å². The number of rotatable bonds is 5. The highest BCUT2D eigenvalue weighted by Gasteiger charge is 2.14. The number of pyridine rings is 1. The maximum Gasteiger partial charge on any atom is 0.275 e. The van der Waals surface area contributed by atoms with Crippen LogP contribution in [0.2, 0.25) is 0 Å². The first-order valence-corrected chi connectivity index (χ1v) is 8.94. The third-order valence-corrected chi connectivity index (χ3v) is 4.40. The molecule has 1 N–H and O–H groups in total. The summed E-state index contributed by atoms with van der Waals surface area (Å²) >= 11 is 0. The molecule has 1 amide bonds. The van der Waals surface area contributed by atoms with Crippen LogP contribution in [-0.4, -0.2) is 20.7 Å². The number of amides is 1. The van der Waals surface area contributed by atoms with Gasteiger partial charge in [0.1, 0.15) is 6.54 Å². The van der Waals surface area contributed by atoms with Crippen LogP contribution in [0.25, 0.3) is 22.0 Å². The summed E-state index contributed by atoms with van der Waals surface area (Å²) in [6.45, 7) is 0.143. The van der Waals surface area contributed by atoms with E-state index >= 15 is 0 Å². The second-order valence-electron chi connectivity index (χ2n) is 6.32. The Hall–Kier alpha value is -3.80. The predicted molar refractivity (Wildman–Crippen MR) is 108 cm³/mol. The van der Waals surface area contributed by atoms with Crippen LogP contribution in [-0.2, 0) is 17.9 Å². The molecule has 0 fully saturated rings. The zero-order valence-electron chi connectivity index (χ0n) is 15.1. The number of nitrogens with zero attached hydrogens (tertiary/aromatic N) is 3. The summed E-state index contributed by atoms with van der Waals surface area (Å²) in [5.41, 5.74) is 2.03. The second kappa shape index (κ2) is 7.84. The molecule has 4 aromatic rings. The summed E-state index contributed by atoms with van der Waals surface area (Å²) < 4.78 is 1.22. The van der Waals surface area contributed by atoms with Crippen molar-refractivity contribution in [2.24, 2.45) is 0 Å². The van der Waals surface area contributed by atoms with Gasteiger partial charge in [0.25, 0.3) is 5.56 Å². The summed E-state index contributed by atoms with van der Waals surface area (Å²) in [6, 6.07) is 22.4. The summed E-state index contributed by atoms with van der Waals surface area (Å²) in [6.07, 6.45) is 1.67. The first-order valence-electron chi connectivity index (χ1n) is 8.94. The summed E-state index contributed by atoms with van der Waals surface area (Å²) in [7, 11) is 0. The molecular weight excluding hydrogens is 352 g/mol. The maximum absolute atomic E-state index is 12.8. The number of hydrogen-bond acceptors (Lipinski definition) is 4. The van der Waals surface area contributed by atoms with Crippen molar-refractivity contribution in [3.63, 3.8) is 0 Å². The minimum absolute atomic E-state index is 0.156. The van der Waals surface area contributed by atoms with E-state index in [1.165, 1.54) is 4.68 Å². The average Bonchev–Trinajstić information content (AvgIpc) is 2.76. The number of carbonyl (C=O) groups is 1. The van der Waals surface area contributed by atoms with E-state index in [-0.39, 0.29) is 18.0 Å². The molecule has 2 aromatic heterocycles. The molecule has 0 saturated heterocycles.